The number of amides is 1. The van der Waals surface area contributed by atoms with Crippen molar-refractivity contribution in [3.05, 3.63) is 59.7 Å². The SMILES string of the molecule is CC(C)(C)OCCOCCOC[C@@H]1COS(=O)(=O)N1C(=O)OCC1c2ccccc2-c2ccccc21. The second-order valence-corrected chi connectivity index (χ2v) is 11.1. The summed E-state index contributed by atoms with van der Waals surface area (Å²) in [5.74, 6) is -0.179. The molecule has 0 radical (unpaired) electrons. The minimum absolute atomic E-state index is 0.0108. The number of nitrogens with zero attached hydrogens (tertiary/aromatic N) is 1. The smallest absolute Gasteiger partial charge is 0.425 e. The molecule has 0 bridgehead atoms. The van der Waals surface area contributed by atoms with Crippen LogP contribution < -0.4 is 0 Å². The van der Waals surface area contributed by atoms with Crippen LogP contribution in [0, 0.1) is 0 Å². The van der Waals surface area contributed by atoms with Gasteiger partial charge in [-0.3, -0.25) is 4.18 Å². The molecule has 1 atom stereocenters. The highest BCUT2D eigenvalue weighted by Crippen LogP contribution is 2.44. The molecular formula is C26H33NO8S. The number of carbonyl (C=O) groups excluding carboxylic acids is 1. The van der Waals surface area contributed by atoms with Gasteiger partial charge in [0.2, 0.25) is 0 Å². The Hall–Kier alpha value is -2.50. The van der Waals surface area contributed by atoms with Gasteiger partial charge in [0, 0.05) is 5.92 Å². The number of fused-ring (bicyclic) bond motifs is 3. The van der Waals surface area contributed by atoms with Crippen molar-refractivity contribution in [3.63, 3.8) is 0 Å². The van der Waals surface area contributed by atoms with Gasteiger partial charge in [-0.15, -0.1) is 0 Å². The third-order valence-electron chi connectivity index (χ3n) is 5.94. The van der Waals surface area contributed by atoms with Crippen LogP contribution in [0.1, 0.15) is 37.8 Å². The van der Waals surface area contributed by atoms with Gasteiger partial charge in [0.15, 0.2) is 0 Å². The van der Waals surface area contributed by atoms with Crippen molar-refractivity contribution < 1.29 is 36.3 Å². The summed E-state index contributed by atoms with van der Waals surface area (Å²) in [6, 6.07) is 15.1. The topological polar surface area (TPSA) is 101 Å². The van der Waals surface area contributed by atoms with Crippen LogP contribution in [0.4, 0.5) is 4.79 Å². The summed E-state index contributed by atoms with van der Waals surface area (Å²) in [5, 5.41) is 0. The van der Waals surface area contributed by atoms with Gasteiger partial charge < -0.3 is 18.9 Å². The summed E-state index contributed by atoms with van der Waals surface area (Å²) in [4.78, 5) is 12.9. The van der Waals surface area contributed by atoms with Gasteiger partial charge in [0.1, 0.15) is 12.6 Å². The lowest BCUT2D eigenvalue weighted by Crippen LogP contribution is -2.42. The molecule has 0 aromatic heterocycles. The molecule has 10 heteroatoms. The zero-order chi connectivity index (χ0) is 25.8. The third kappa shape index (κ3) is 6.24. The molecule has 0 N–H and O–H groups in total. The van der Waals surface area contributed by atoms with Gasteiger partial charge >= 0.3 is 16.4 Å². The molecule has 1 saturated heterocycles. The van der Waals surface area contributed by atoms with Crippen molar-refractivity contribution in [2.75, 3.05) is 46.2 Å². The largest absolute Gasteiger partial charge is 0.448 e. The lowest BCUT2D eigenvalue weighted by Gasteiger charge is -2.22. The average molecular weight is 520 g/mol. The molecule has 1 amide bonds. The summed E-state index contributed by atoms with van der Waals surface area (Å²) < 4.78 is 52.4. The Morgan fingerprint density at radius 1 is 0.917 bits per heavy atom. The Morgan fingerprint density at radius 3 is 2.14 bits per heavy atom. The molecule has 2 aliphatic rings. The van der Waals surface area contributed by atoms with E-state index in [-0.39, 0.29) is 37.9 Å². The fourth-order valence-electron chi connectivity index (χ4n) is 4.33. The Morgan fingerprint density at radius 2 is 1.50 bits per heavy atom. The van der Waals surface area contributed by atoms with Crippen molar-refractivity contribution >= 4 is 16.4 Å². The van der Waals surface area contributed by atoms with Gasteiger partial charge in [-0.1, -0.05) is 48.5 Å². The number of carbonyl (C=O) groups is 1. The summed E-state index contributed by atoms with van der Waals surface area (Å²) in [6.07, 6.45) is -0.974. The van der Waals surface area contributed by atoms with Crippen molar-refractivity contribution in [1.82, 2.24) is 4.31 Å². The Kier molecular flexibility index (Phi) is 8.31. The molecule has 9 nitrogen and oxygen atoms in total. The Labute approximate surface area is 212 Å². The first-order valence-electron chi connectivity index (χ1n) is 12.0. The van der Waals surface area contributed by atoms with Gasteiger partial charge in [0.05, 0.1) is 45.2 Å². The van der Waals surface area contributed by atoms with E-state index in [0.29, 0.717) is 24.1 Å². The van der Waals surface area contributed by atoms with E-state index in [9.17, 15) is 13.2 Å². The molecular weight excluding hydrogens is 486 g/mol. The van der Waals surface area contributed by atoms with E-state index in [2.05, 4.69) is 0 Å². The number of hydrogen-bond donors (Lipinski definition) is 0. The quantitative estimate of drug-likeness (QED) is 0.438. The van der Waals surface area contributed by atoms with E-state index in [1.165, 1.54) is 0 Å². The summed E-state index contributed by atoms with van der Waals surface area (Å²) in [7, 11) is -4.24. The van der Waals surface area contributed by atoms with Crippen LogP contribution in [0.5, 0.6) is 0 Å². The van der Waals surface area contributed by atoms with Crippen LogP contribution in [0.2, 0.25) is 0 Å². The van der Waals surface area contributed by atoms with E-state index in [1.54, 1.807) is 0 Å². The molecule has 36 heavy (non-hydrogen) atoms. The van der Waals surface area contributed by atoms with Crippen LogP contribution in [-0.4, -0.2) is 76.7 Å². The third-order valence-corrected chi connectivity index (χ3v) is 7.31. The lowest BCUT2D eigenvalue weighted by atomic mass is 9.98. The zero-order valence-corrected chi connectivity index (χ0v) is 21.7. The van der Waals surface area contributed by atoms with Crippen LogP contribution >= 0.6 is 0 Å². The highest BCUT2D eigenvalue weighted by Gasteiger charge is 2.44. The van der Waals surface area contributed by atoms with E-state index in [4.69, 9.17) is 23.1 Å². The maximum atomic E-state index is 12.9. The van der Waals surface area contributed by atoms with E-state index >= 15 is 0 Å². The Balaban J connectivity index is 1.29. The minimum atomic E-state index is -4.24. The second kappa shape index (κ2) is 11.3. The number of hydrogen-bond acceptors (Lipinski definition) is 8. The van der Waals surface area contributed by atoms with Gasteiger partial charge in [0.25, 0.3) is 0 Å². The molecule has 1 aliphatic heterocycles. The van der Waals surface area contributed by atoms with Crippen LogP contribution in [0.3, 0.4) is 0 Å². The highest BCUT2D eigenvalue weighted by molar-refractivity contribution is 7.85. The molecule has 196 valence electrons. The van der Waals surface area contributed by atoms with Gasteiger partial charge in [-0.05, 0) is 43.0 Å². The molecule has 1 heterocycles. The molecule has 0 unspecified atom stereocenters. The molecule has 1 aliphatic carbocycles. The summed E-state index contributed by atoms with van der Waals surface area (Å²) >= 11 is 0. The van der Waals surface area contributed by atoms with Crippen molar-refractivity contribution in [3.8, 4) is 11.1 Å². The van der Waals surface area contributed by atoms with Crippen molar-refractivity contribution in [2.45, 2.75) is 38.3 Å². The predicted octanol–water partition coefficient (Wildman–Crippen LogP) is 3.73. The predicted molar refractivity (Wildman–Crippen MR) is 133 cm³/mol. The first-order valence-corrected chi connectivity index (χ1v) is 13.4. The normalized spacial score (nSPS) is 18.8. The second-order valence-electron chi connectivity index (χ2n) is 9.64. The maximum Gasteiger partial charge on any atom is 0.425 e. The van der Waals surface area contributed by atoms with E-state index < -0.39 is 22.4 Å². The van der Waals surface area contributed by atoms with Crippen LogP contribution in [0.25, 0.3) is 11.1 Å². The van der Waals surface area contributed by atoms with Gasteiger partial charge in [-0.2, -0.15) is 12.7 Å². The number of rotatable bonds is 10. The molecule has 0 saturated carbocycles. The lowest BCUT2D eigenvalue weighted by molar-refractivity contribution is -0.0439. The zero-order valence-electron chi connectivity index (χ0n) is 20.8. The van der Waals surface area contributed by atoms with Gasteiger partial charge in [-0.25, -0.2) is 4.79 Å². The highest BCUT2D eigenvalue weighted by atomic mass is 32.2. The standard InChI is InChI=1S/C26H33NO8S/c1-26(2,3)34-15-14-31-12-13-32-16-19-17-35-36(29,30)27(19)25(28)33-18-24-22-10-6-4-8-20(22)21-9-5-7-11-23(21)24/h4-11,19,24H,12-18H2,1-3H3/t19-/m1/s1. The van der Waals surface area contributed by atoms with Crippen molar-refractivity contribution in [1.29, 1.82) is 0 Å². The minimum Gasteiger partial charge on any atom is -0.448 e. The van der Waals surface area contributed by atoms with E-state index in [0.717, 1.165) is 22.3 Å². The van der Waals surface area contributed by atoms with Crippen LogP contribution in [-0.2, 0) is 33.4 Å². The molecule has 2 aromatic carbocycles. The molecule has 0 spiro atoms. The Bertz CT molecular complexity index is 1120. The monoisotopic (exact) mass is 519 g/mol. The first kappa shape index (κ1) is 26.6. The number of ether oxygens (including phenoxy) is 4. The maximum absolute atomic E-state index is 12.9. The van der Waals surface area contributed by atoms with Crippen molar-refractivity contribution in [2.24, 2.45) is 0 Å². The summed E-state index contributed by atoms with van der Waals surface area (Å²) in [5.41, 5.74) is 4.03. The first-order chi connectivity index (χ1) is 17.2. The fraction of sp³-hybridized carbons (Fsp3) is 0.500. The summed E-state index contributed by atoms with van der Waals surface area (Å²) in [6.45, 7) is 7.15. The molecule has 2 aromatic rings. The average Bonchev–Trinajstić information content (AvgIpc) is 3.32. The fourth-order valence-corrected chi connectivity index (χ4v) is 5.50. The number of benzene rings is 2. The molecule has 1 fully saturated rings. The molecule has 4 rings (SSSR count). The van der Waals surface area contributed by atoms with E-state index in [1.807, 2.05) is 69.3 Å². The van der Waals surface area contributed by atoms with Crippen LogP contribution in [0.15, 0.2) is 48.5 Å².